The molecule has 1 amide bonds. The van der Waals surface area contributed by atoms with E-state index in [9.17, 15) is 4.79 Å². The molecule has 7 nitrogen and oxygen atoms in total. The molecule has 0 N–H and O–H groups in total. The first-order chi connectivity index (χ1) is 11.7. The Morgan fingerprint density at radius 2 is 2.17 bits per heavy atom. The van der Waals surface area contributed by atoms with Gasteiger partial charge in [-0.2, -0.15) is 4.98 Å². The zero-order valence-electron chi connectivity index (χ0n) is 13.1. The van der Waals surface area contributed by atoms with Gasteiger partial charge in [0.15, 0.2) is 0 Å². The third-order valence-corrected chi connectivity index (χ3v) is 4.02. The first kappa shape index (κ1) is 14.5. The minimum atomic E-state index is 0.0311. The normalized spacial score (nSPS) is 14.5. The maximum atomic E-state index is 12.4. The van der Waals surface area contributed by atoms with E-state index in [4.69, 9.17) is 4.52 Å². The highest BCUT2D eigenvalue weighted by Crippen LogP contribution is 2.28. The predicted octanol–water partition coefficient (Wildman–Crippen LogP) is 2.07. The highest BCUT2D eigenvalue weighted by Gasteiger charge is 2.36. The van der Waals surface area contributed by atoms with Crippen LogP contribution in [0.1, 0.15) is 27.7 Å². The van der Waals surface area contributed by atoms with Gasteiger partial charge in [-0.15, -0.1) is 0 Å². The summed E-state index contributed by atoms with van der Waals surface area (Å²) in [6.45, 7) is 3.13. The van der Waals surface area contributed by atoms with Crippen molar-refractivity contribution in [2.45, 2.75) is 12.8 Å². The second-order valence-electron chi connectivity index (χ2n) is 5.82. The Morgan fingerprint density at radius 1 is 1.29 bits per heavy atom. The summed E-state index contributed by atoms with van der Waals surface area (Å²) in [7, 11) is 0. The van der Waals surface area contributed by atoms with E-state index in [0.29, 0.717) is 36.1 Å². The first-order valence-corrected chi connectivity index (χ1v) is 7.66. The summed E-state index contributed by atoms with van der Waals surface area (Å²) in [5, 5.41) is 3.94. The van der Waals surface area contributed by atoms with Gasteiger partial charge in [0.2, 0.25) is 11.7 Å². The van der Waals surface area contributed by atoms with Crippen LogP contribution in [0.3, 0.4) is 0 Å². The van der Waals surface area contributed by atoms with Gasteiger partial charge in [0.1, 0.15) is 5.69 Å². The van der Waals surface area contributed by atoms with Crippen molar-refractivity contribution in [2.24, 2.45) is 0 Å². The molecule has 0 bridgehead atoms. The number of benzene rings is 1. The van der Waals surface area contributed by atoms with Crippen LogP contribution >= 0.6 is 0 Å². The molecule has 120 valence electrons. The van der Waals surface area contributed by atoms with Gasteiger partial charge >= 0.3 is 0 Å². The number of aryl methyl sites for hydroxylation is 1. The van der Waals surface area contributed by atoms with Crippen LogP contribution in [0.2, 0.25) is 0 Å². The molecule has 0 unspecified atom stereocenters. The molecule has 1 aliphatic rings. The SMILES string of the molecule is Cc1cccc(C(=O)N2CC(c3nc(-c4cnccn4)no3)C2)c1. The average Bonchev–Trinajstić information content (AvgIpc) is 3.04. The number of amides is 1. The number of hydrogen-bond acceptors (Lipinski definition) is 6. The smallest absolute Gasteiger partial charge is 0.253 e. The highest BCUT2D eigenvalue weighted by atomic mass is 16.5. The maximum absolute atomic E-state index is 12.4. The van der Waals surface area contributed by atoms with Gasteiger partial charge < -0.3 is 9.42 Å². The second-order valence-corrected chi connectivity index (χ2v) is 5.82. The maximum Gasteiger partial charge on any atom is 0.253 e. The van der Waals surface area contributed by atoms with Crippen LogP contribution in [0.5, 0.6) is 0 Å². The molecular formula is C17H15N5O2. The largest absolute Gasteiger partial charge is 0.338 e. The minimum Gasteiger partial charge on any atom is -0.338 e. The Hall–Kier alpha value is -3.09. The van der Waals surface area contributed by atoms with Crippen molar-refractivity contribution >= 4 is 5.91 Å². The van der Waals surface area contributed by atoms with Crippen LogP contribution in [0, 0.1) is 6.92 Å². The summed E-state index contributed by atoms with van der Waals surface area (Å²) in [6, 6.07) is 7.60. The van der Waals surface area contributed by atoms with Gasteiger partial charge in [0.25, 0.3) is 5.91 Å². The molecule has 1 fully saturated rings. The lowest BCUT2D eigenvalue weighted by atomic mass is 9.98. The van der Waals surface area contributed by atoms with E-state index in [-0.39, 0.29) is 11.8 Å². The molecule has 0 spiro atoms. The van der Waals surface area contributed by atoms with E-state index in [1.54, 1.807) is 23.5 Å². The lowest BCUT2D eigenvalue weighted by Crippen LogP contribution is -2.48. The molecule has 1 aromatic carbocycles. The monoisotopic (exact) mass is 321 g/mol. The average molecular weight is 321 g/mol. The number of carbonyl (C=O) groups excluding carboxylic acids is 1. The summed E-state index contributed by atoms with van der Waals surface area (Å²) in [5.74, 6) is 1.05. The summed E-state index contributed by atoms with van der Waals surface area (Å²) in [4.78, 5) is 26.7. The van der Waals surface area contributed by atoms with E-state index in [1.807, 2.05) is 31.2 Å². The van der Waals surface area contributed by atoms with Crippen LogP contribution in [-0.4, -0.2) is 44.0 Å². The van der Waals surface area contributed by atoms with Gasteiger partial charge in [-0.05, 0) is 19.1 Å². The zero-order chi connectivity index (χ0) is 16.5. The molecule has 4 rings (SSSR count). The topological polar surface area (TPSA) is 85.0 Å². The fourth-order valence-corrected chi connectivity index (χ4v) is 2.68. The zero-order valence-corrected chi connectivity index (χ0v) is 13.1. The van der Waals surface area contributed by atoms with Crippen LogP contribution in [0.15, 0.2) is 47.4 Å². The molecule has 0 radical (unpaired) electrons. The summed E-state index contributed by atoms with van der Waals surface area (Å²) in [5.41, 5.74) is 2.35. The summed E-state index contributed by atoms with van der Waals surface area (Å²) in [6.07, 6.45) is 4.76. The van der Waals surface area contributed by atoms with Crippen LogP contribution in [0.25, 0.3) is 11.5 Å². The molecule has 2 aromatic heterocycles. The van der Waals surface area contributed by atoms with Crippen molar-refractivity contribution in [2.75, 3.05) is 13.1 Å². The molecule has 7 heteroatoms. The molecule has 24 heavy (non-hydrogen) atoms. The number of hydrogen-bond donors (Lipinski definition) is 0. The summed E-state index contributed by atoms with van der Waals surface area (Å²) >= 11 is 0. The van der Waals surface area contributed by atoms with Crippen LogP contribution in [0.4, 0.5) is 0 Å². The first-order valence-electron chi connectivity index (χ1n) is 7.66. The van der Waals surface area contributed by atoms with Crippen molar-refractivity contribution in [3.63, 3.8) is 0 Å². The second kappa shape index (κ2) is 5.84. The van der Waals surface area contributed by atoms with E-state index >= 15 is 0 Å². The lowest BCUT2D eigenvalue weighted by molar-refractivity contribution is 0.0569. The quantitative estimate of drug-likeness (QED) is 0.734. The van der Waals surface area contributed by atoms with Crippen molar-refractivity contribution in [3.05, 3.63) is 59.9 Å². The molecule has 3 heterocycles. The minimum absolute atomic E-state index is 0.0311. The number of rotatable bonds is 3. The Balaban J connectivity index is 1.43. The number of carbonyl (C=O) groups is 1. The highest BCUT2D eigenvalue weighted by molar-refractivity contribution is 5.95. The molecule has 1 aliphatic heterocycles. The van der Waals surface area contributed by atoms with Crippen molar-refractivity contribution in [3.8, 4) is 11.5 Å². The number of likely N-dealkylation sites (tertiary alicyclic amines) is 1. The lowest BCUT2D eigenvalue weighted by Gasteiger charge is -2.37. The molecular weight excluding hydrogens is 306 g/mol. The van der Waals surface area contributed by atoms with Crippen LogP contribution < -0.4 is 0 Å². The van der Waals surface area contributed by atoms with Gasteiger partial charge in [0.05, 0.1) is 12.1 Å². The van der Waals surface area contributed by atoms with E-state index < -0.39 is 0 Å². The van der Waals surface area contributed by atoms with Crippen molar-refractivity contribution in [1.29, 1.82) is 0 Å². The molecule has 0 aliphatic carbocycles. The van der Waals surface area contributed by atoms with E-state index in [1.165, 1.54) is 0 Å². The van der Waals surface area contributed by atoms with Gasteiger partial charge in [-0.3, -0.25) is 9.78 Å². The van der Waals surface area contributed by atoms with Gasteiger partial charge in [-0.25, -0.2) is 4.98 Å². The van der Waals surface area contributed by atoms with E-state index in [2.05, 4.69) is 20.1 Å². The standard InChI is InChI=1S/C17H15N5O2/c1-11-3-2-4-12(7-11)17(23)22-9-13(10-22)16-20-15(21-24-16)14-8-18-5-6-19-14/h2-8,13H,9-10H2,1H3. The van der Waals surface area contributed by atoms with Gasteiger partial charge in [-0.1, -0.05) is 22.9 Å². The van der Waals surface area contributed by atoms with E-state index in [0.717, 1.165) is 5.56 Å². The third-order valence-electron chi connectivity index (χ3n) is 4.02. The Morgan fingerprint density at radius 3 is 2.92 bits per heavy atom. The Labute approximate surface area is 138 Å². The molecule has 0 saturated carbocycles. The fraction of sp³-hybridized carbons (Fsp3) is 0.235. The predicted molar refractivity (Wildman–Crippen MR) is 85.1 cm³/mol. The Bertz CT molecular complexity index is 871. The van der Waals surface area contributed by atoms with Crippen molar-refractivity contribution in [1.82, 2.24) is 25.0 Å². The van der Waals surface area contributed by atoms with Gasteiger partial charge in [0, 0.05) is 31.0 Å². The Kier molecular flexibility index (Phi) is 3.53. The number of nitrogens with zero attached hydrogens (tertiary/aromatic N) is 5. The van der Waals surface area contributed by atoms with Crippen molar-refractivity contribution < 1.29 is 9.32 Å². The molecule has 3 aromatic rings. The molecule has 1 saturated heterocycles. The van der Waals surface area contributed by atoms with Crippen LogP contribution in [-0.2, 0) is 0 Å². The fourth-order valence-electron chi connectivity index (χ4n) is 2.68. The summed E-state index contributed by atoms with van der Waals surface area (Å²) < 4.78 is 5.31. The third kappa shape index (κ3) is 2.64. The number of aromatic nitrogens is 4. The molecule has 0 atom stereocenters.